The van der Waals surface area contributed by atoms with Crippen LogP contribution in [0.15, 0.2) is 36.5 Å². The molecule has 2 nitrogen and oxygen atoms in total. The molecule has 0 aromatic rings. The van der Waals surface area contributed by atoms with Crippen molar-refractivity contribution in [2.24, 2.45) is 0 Å². The van der Waals surface area contributed by atoms with E-state index < -0.39 is 0 Å². The van der Waals surface area contributed by atoms with Gasteiger partial charge in [0.05, 0.1) is 0 Å². The number of rotatable bonds is 4. The van der Waals surface area contributed by atoms with E-state index in [1.165, 1.54) is 12.2 Å². The van der Waals surface area contributed by atoms with E-state index in [1.54, 1.807) is 24.3 Å². The van der Waals surface area contributed by atoms with Crippen LogP contribution in [-0.2, 0) is 9.59 Å². The maximum atomic E-state index is 9.70. The van der Waals surface area contributed by atoms with Gasteiger partial charge >= 0.3 is 0 Å². The van der Waals surface area contributed by atoms with Gasteiger partial charge < -0.3 is 0 Å². The molecule has 0 radical (unpaired) electrons. The van der Waals surface area contributed by atoms with Gasteiger partial charge in [0.1, 0.15) is 12.6 Å². The Morgan fingerprint density at radius 1 is 0.500 bits per heavy atom. The van der Waals surface area contributed by atoms with Crippen molar-refractivity contribution in [3.05, 3.63) is 36.5 Å². The van der Waals surface area contributed by atoms with E-state index in [4.69, 9.17) is 0 Å². The third-order valence-electron chi connectivity index (χ3n) is 0.713. The number of carbonyl (C=O) groups excluding carboxylic acids is 2. The second kappa shape index (κ2) is 7.56. The first-order chi connectivity index (χ1) is 4.91. The summed E-state index contributed by atoms with van der Waals surface area (Å²) in [6.07, 6.45) is 10.6. The number of allylic oxidation sites excluding steroid dienone is 6. The molecule has 0 heterocycles. The van der Waals surface area contributed by atoms with Crippen LogP contribution in [0.2, 0.25) is 0 Å². The Labute approximate surface area is 59.5 Å². The van der Waals surface area contributed by atoms with Crippen LogP contribution >= 0.6 is 0 Å². The molecule has 2 heteroatoms. The lowest BCUT2D eigenvalue weighted by Gasteiger charge is -1.68. The minimum absolute atomic E-state index is 0.688. The van der Waals surface area contributed by atoms with Crippen molar-refractivity contribution in [1.82, 2.24) is 0 Å². The number of hydrogen-bond donors (Lipinski definition) is 0. The van der Waals surface area contributed by atoms with Crippen LogP contribution in [-0.4, -0.2) is 12.6 Å². The SMILES string of the molecule is O=C/C=C/C=C\C=C\C=O. The van der Waals surface area contributed by atoms with Gasteiger partial charge in [-0.15, -0.1) is 0 Å². The Hall–Kier alpha value is -1.44. The highest BCUT2D eigenvalue weighted by Crippen LogP contribution is 1.76. The van der Waals surface area contributed by atoms with Crippen LogP contribution in [0.1, 0.15) is 0 Å². The standard InChI is InChI=1S/C8H8O2/c9-7-5-3-1-2-4-6-8-10/h1-8H/b2-1-,5-3+,6-4+. The third kappa shape index (κ3) is 6.56. The fourth-order valence-corrected chi connectivity index (χ4v) is 0.347. The second-order valence-corrected chi connectivity index (χ2v) is 1.43. The summed E-state index contributed by atoms with van der Waals surface area (Å²) >= 11 is 0. The molecule has 52 valence electrons. The summed E-state index contributed by atoms with van der Waals surface area (Å²) < 4.78 is 0. The molecule has 0 unspecified atom stereocenters. The van der Waals surface area contributed by atoms with Crippen molar-refractivity contribution in [3.8, 4) is 0 Å². The van der Waals surface area contributed by atoms with Gasteiger partial charge in [0.25, 0.3) is 0 Å². The van der Waals surface area contributed by atoms with Crippen LogP contribution in [0, 0.1) is 0 Å². The molecule has 0 N–H and O–H groups in total. The Morgan fingerprint density at radius 3 is 1.10 bits per heavy atom. The average Bonchev–Trinajstić information content (AvgIpc) is 1.97. The molecule has 0 saturated carbocycles. The first-order valence-electron chi connectivity index (χ1n) is 2.80. The molecule has 0 fully saturated rings. The molecule has 0 amide bonds. The number of carbonyl (C=O) groups is 2. The van der Waals surface area contributed by atoms with Crippen molar-refractivity contribution in [1.29, 1.82) is 0 Å². The zero-order valence-electron chi connectivity index (χ0n) is 5.44. The Bertz CT molecular complexity index is 156. The maximum Gasteiger partial charge on any atom is 0.142 e. The number of aldehydes is 2. The van der Waals surface area contributed by atoms with E-state index in [9.17, 15) is 9.59 Å². The smallest absolute Gasteiger partial charge is 0.142 e. The van der Waals surface area contributed by atoms with Gasteiger partial charge in [-0.3, -0.25) is 9.59 Å². The maximum absolute atomic E-state index is 9.70. The highest BCUT2D eigenvalue weighted by atomic mass is 16.1. The highest BCUT2D eigenvalue weighted by Gasteiger charge is 1.61. The molecule has 0 aliphatic rings. The molecule has 0 aliphatic heterocycles. The van der Waals surface area contributed by atoms with E-state index in [2.05, 4.69) is 0 Å². The molecule has 0 spiro atoms. The molecule has 0 aromatic heterocycles. The third-order valence-corrected chi connectivity index (χ3v) is 0.713. The van der Waals surface area contributed by atoms with Gasteiger partial charge in [0, 0.05) is 0 Å². The minimum atomic E-state index is 0.688. The summed E-state index contributed by atoms with van der Waals surface area (Å²) in [5.41, 5.74) is 0. The van der Waals surface area contributed by atoms with Crippen LogP contribution < -0.4 is 0 Å². The largest absolute Gasteiger partial charge is 0.299 e. The average molecular weight is 136 g/mol. The lowest BCUT2D eigenvalue weighted by Crippen LogP contribution is -1.57. The van der Waals surface area contributed by atoms with Gasteiger partial charge in [-0.1, -0.05) is 24.3 Å². The lowest BCUT2D eigenvalue weighted by atomic mass is 10.4. The van der Waals surface area contributed by atoms with Crippen LogP contribution in [0.3, 0.4) is 0 Å². The summed E-state index contributed by atoms with van der Waals surface area (Å²) in [6.45, 7) is 0. The van der Waals surface area contributed by atoms with Crippen molar-refractivity contribution >= 4 is 12.6 Å². The van der Waals surface area contributed by atoms with Gasteiger partial charge in [-0.25, -0.2) is 0 Å². The molecule has 0 aromatic carbocycles. The quantitative estimate of drug-likeness (QED) is 0.329. The fourth-order valence-electron chi connectivity index (χ4n) is 0.347. The van der Waals surface area contributed by atoms with E-state index in [0.717, 1.165) is 0 Å². The molecule has 0 aliphatic carbocycles. The Morgan fingerprint density at radius 2 is 0.800 bits per heavy atom. The predicted molar refractivity (Wildman–Crippen MR) is 39.5 cm³/mol. The fraction of sp³-hybridized carbons (Fsp3) is 0. The molecule has 0 atom stereocenters. The van der Waals surface area contributed by atoms with E-state index >= 15 is 0 Å². The van der Waals surface area contributed by atoms with E-state index in [0.29, 0.717) is 12.6 Å². The van der Waals surface area contributed by atoms with E-state index in [1.807, 2.05) is 0 Å². The van der Waals surface area contributed by atoms with E-state index in [-0.39, 0.29) is 0 Å². The zero-order valence-corrected chi connectivity index (χ0v) is 5.44. The first-order valence-corrected chi connectivity index (χ1v) is 2.80. The van der Waals surface area contributed by atoms with Gasteiger partial charge in [0.15, 0.2) is 0 Å². The summed E-state index contributed by atoms with van der Waals surface area (Å²) in [5, 5.41) is 0. The summed E-state index contributed by atoms with van der Waals surface area (Å²) in [7, 11) is 0. The summed E-state index contributed by atoms with van der Waals surface area (Å²) in [5.74, 6) is 0. The zero-order chi connectivity index (χ0) is 7.66. The molecule has 0 bridgehead atoms. The lowest BCUT2D eigenvalue weighted by molar-refractivity contribution is -0.104. The van der Waals surface area contributed by atoms with Gasteiger partial charge in [-0.2, -0.15) is 0 Å². The monoisotopic (exact) mass is 136 g/mol. The Kier molecular flexibility index (Phi) is 6.47. The van der Waals surface area contributed by atoms with Gasteiger partial charge in [-0.05, 0) is 12.2 Å². The van der Waals surface area contributed by atoms with Crippen LogP contribution in [0.4, 0.5) is 0 Å². The first kappa shape index (κ1) is 8.56. The van der Waals surface area contributed by atoms with Crippen molar-refractivity contribution < 1.29 is 9.59 Å². The minimum Gasteiger partial charge on any atom is -0.299 e. The molecule has 0 saturated heterocycles. The van der Waals surface area contributed by atoms with Gasteiger partial charge in [0.2, 0.25) is 0 Å². The van der Waals surface area contributed by atoms with Crippen LogP contribution in [0.5, 0.6) is 0 Å². The number of hydrogen-bond acceptors (Lipinski definition) is 2. The highest BCUT2D eigenvalue weighted by molar-refractivity contribution is 5.66. The molecule has 0 rings (SSSR count). The topological polar surface area (TPSA) is 34.1 Å². The van der Waals surface area contributed by atoms with Crippen molar-refractivity contribution in [2.75, 3.05) is 0 Å². The van der Waals surface area contributed by atoms with Crippen molar-refractivity contribution in [2.45, 2.75) is 0 Å². The molecular formula is C8H8O2. The second-order valence-electron chi connectivity index (χ2n) is 1.43. The summed E-state index contributed by atoms with van der Waals surface area (Å²) in [4.78, 5) is 19.4. The van der Waals surface area contributed by atoms with Crippen LogP contribution in [0.25, 0.3) is 0 Å². The van der Waals surface area contributed by atoms with Crippen molar-refractivity contribution in [3.63, 3.8) is 0 Å². The molecule has 10 heavy (non-hydrogen) atoms. The summed E-state index contributed by atoms with van der Waals surface area (Å²) in [6, 6.07) is 0. The molecular weight excluding hydrogens is 128 g/mol. The Balaban J connectivity index is 3.55. The normalized spacial score (nSPS) is 11.6. The predicted octanol–water partition coefficient (Wildman–Crippen LogP) is 1.05.